The summed E-state index contributed by atoms with van der Waals surface area (Å²) in [6, 6.07) is 5.02. The summed E-state index contributed by atoms with van der Waals surface area (Å²) in [5.74, 6) is -0.0478. The van der Waals surface area contributed by atoms with Crippen LogP contribution in [0.4, 0.5) is 5.69 Å². The van der Waals surface area contributed by atoms with Crippen molar-refractivity contribution in [3.05, 3.63) is 38.3 Å². The first kappa shape index (κ1) is 17.6. The molecule has 1 rings (SSSR count). The van der Waals surface area contributed by atoms with Crippen molar-refractivity contribution in [3.63, 3.8) is 0 Å². The van der Waals surface area contributed by atoms with Crippen molar-refractivity contribution < 1.29 is 9.72 Å². The van der Waals surface area contributed by atoms with Gasteiger partial charge in [-0.15, -0.1) is 0 Å². The zero-order valence-electron chi connectivity index (χ0n) is 12.4. The summed E-state index contributed by atoms with van der Waals surface area (Å²) in [5.41, 5.74) is 0.832. The molecule has 0 aliphatic heterocycles. The molecule has 7 heteroatoms. The van der Waals surface area contributed by atoms with Gasteiger partial charge in [-0.05, 0) is 41.9 Å². The second-order valence-corrected chi connectivity index (χ2v) is 5.83. The average Bonchev–Trinajstić information content (AvgIpc) is 2.38. The topological polar surface area (TPSA) is 75.5 Å². The van der Waals surface area contributed by atoms with Crippen molar-refractivity contribution in [2.45, 2.75) is 33.4 Å². The summed E-state index contributed by atoms with van der Waals surface area (Å²) < 4.78 is 0.470. The highest BCUT2D eigenvalue weighted by atomic mass is 79.9. The van der Waals surface area contributed by atoms with Gasteiger partial charge in [0.1, 0.15) is 0 Å². The van der Waals surface area contributed by atoms with Crippen molar-refractivity contribution in [1.29, 1.82) is 0 Å². The van der Waals surface area contributed by atoms with Crippen LogP contribution in [0.25, 0.3) is 0 Å². The van der Waals surface area contributed by atoms with E-state index >= 15 is 0 Å². The van der Waals surface area contributed by atoms with Gasteiger partial charge in [0.2, 0.25) is 5.91 Å². The first-order chi connectivity index (χ1) is 9.85. The van der Waals surface area contributed by atoms with Crippen molar-refractivity contribution >= 4 is 27.5 Å². The number of hydrogen-bond acceptors (Lipinski definition) is 4. The lowest BCUT2D eigenvalue weighted by Gasteiger charge is -2.21. The molecule has 1 aromatic rings. The number of carbonyl (C=O) groups is 1. The van der Waals surface area contributed by atoms with Crippen LogP contribution in [0.5, 0.6) is 0 Å². The minimum absolute atomic E-state index is 0.0372. The van der Waals surface area contributed by atoms with Gasteiger partial charge >= 0.3 is 0 Å². The fourth-order valence-electron chi connectivity index (χ4n) is 1.92. The van der Waals surface area contributed by atoms with Gasteiger partial charge in [0.25, 0.3) is 5.69 Å². The molecule has 0 heterocycles. The lowest BCUT2D eigenvalue weighted by Crippen LogP contribution is -2.39. The summed E-state index contributed by atoms with van der Waals surface area (Å²) in [6.07, 6.45) is 0. The number of nitro groups is 1. The highest BCUT2D eigenvalue weighted by Crippen LogP contribution is 2.29. The molecule has 0 saturated heterocycles. The first-order valence-corrected chi connectivity index (χ1v) is 7.58. The van der Waals surface area contributed by atoms with Gasteiger partial charge in [0, 0.05) is 18.7 Å². The Bertz CT molecular complexity index is 520. The van der Waals surface area contributed by atoms with E-state index in [1.807, 2.05) is 31.7 Å². The van der Waals surface area contributed by atoms with Gasteiger partial charge in [-0.1, -0.05) is 19.1 Å². The molecule has 6 nitrogen and oxygen atoms in total. The monoisotopic (exact) mass is 357 g/mol. The molecule has 1 N–H and O–H groups in total. The molecule has 1 aromatic carbocycles. The predicted octanol–water partition coefficient (Wildman–Crippen LogP) is 2.70. The van der Waals surface area contributed by atoms with E-state index in [1.165, 1.54) is 6.07 Å². The third-order valence-corrected chi connectivity index (χ3v) is 3.83. The largest absolute Gasteiger partial charge is 0.353 e. The molecule has 0 aliphatic carbocycles. The Morgan fingerprint density at radius 2 is 2.14 bits per heavy atom. The van der Waals surface area contributed by atoms with Crippen LogP contribution in [0.2, 0.25) is 0 Å². The Kier molecular flexibility index (Phi) is 6.77. The van der Waals surface area contributed by atoms with Crippen molar-refractivity contribution in [2.75, 3.05) is 13.1 Å². The number of hydrogen-bond donors (Lipinski definition) is 1. The van der Waals surface area contributed by atoms with E-state index in [0.717, 1.165) is 5.56 Å². The quantitative estimate of drug-likeness (QED) is 0.601. The molecule has 0 bridgehead atoms. The summed E-state index contributed by atoms with van der Waals surface area (Å²) in [4.78, 5) is 24.2. The van der Waals surface area contributed by atoms with Gasteiger partial charge < -0.3 is 5.32 Å². The van der Waals surface area contributed by atoms with Crippen molar-refractivity contribution in [3.8, 4) is 0 Å². The average molecular weight is 358 g/mol. The number of carbonyl (C=O) groups excluding carboxylic acids is 1. The van der Waals surface area contributed by atoms with Crippen LogP contribution >= 0.6 is 15.9 Å². The number of amides is 1. The molecule has 116 valence electrons. The summed E-state index contributed by atoms with van der Waals surface area (Å²) in [6.45, 7) is 7.19. The first-order valence-electron chi connectivity index (χ1n) is 6.78. The fraction of sp³-hybridized carbons (Fsp3) is 0.500. The number of nitrogens with zero attached hydrogens (tertiary/aromatic N) is 2. The molecule has 0 saturated carbocycles. The molecule has 0 atom stereocenters. The lowest BCUT2D eigenvalue weighted by molar-refractivity contribution is -0.385. The Balaban J connectivity index is 2.80. The summed E-state index contributed by atoms with van der Waals surface area (Å²) in [5, 5.41) is 13.8. The molecule has 0 aliphatic rings. The number of rotatable bonds is 7. The summed E-state index contributed by atoms with van der Waals surface area (Å²) >= 11 is 3.28. The highest BCUT2D eigenvalue weighted by Gasteiger charge is 2.17. The maximum absolute atomic E-state index is 11.8. The molecule has 21 heavy (non-hydrogen) atoms. The lowest BCUT2D eigenvalue weighted by atomic mass is 10.2. The van der Waals surface area contributed by atoms with E-state index in [4.69, 9.17) is 0 Å². The minimum atomic E-state index is -0.421. The van der Waals surface area contributed by atoms with E-state index in [2.05, 4.69) is 21.2 Å². The van der Waals surface area contributed by atoms with E-state index in [9.17, 15) is 14.9 Å². The zero-order valence-corrected chi connectivity index (χ0v) is 14.0. The van der Waals surface area contributed by atoms with Crippen LogP contribution in [-0.4, -0.2) is 34.9 Å². The Labute approximate surface area is 132 Å². The van der Waals surface area contributed by atoms with E-state index in [-0.39, 0.29) is 24.2 Å². The third kappa shape index (κ3) is 5.43. The molecular formula is C14H20BrN3O3. The minimum Gasteiger partial charge on any atom is -0.353 e. The maximum Gasteiger partial charge on any atom is 0.283 e. The van der Waals surface area contributed by atoms with Crippen molar-refractivity contribution in [1.82, 2.24) is 10.2 Å². The SMILES string of the molecule is CCN(CC(=O)NC(C)C)Cc1cccc([N+](=O)[O-])c1Br. The highest BCUT2D eigenvalue weighted by molar-refractivity contribution is 9.10. The predicted molar refractivity (Wildman–Crippen MR) is 85.0 cm³/mol. The van der Waals surface area contributed by atoms with Gasteiger partial charge in [0.05, 0.1) is 15.9 Å². The molecule has 0 radical (unpaired) electrons. The van der Waals surface area contributed by atoms with Gasteiger partial charge in [-0.25, -0.2) is 0 Å². The maximum atomic E-state index is 11.8. The summed E-state index contributed by atoms with van der Waals surface area (Å²) in [7, 11) is 0. The van der Waals surface area contributed by atoms with Crippen LogP contribution in [0, 0.1) is 10.1 Å². The van der Waals surface area contributed by atoms with Crippen LogP contribution in [0.15, 0.2) is 22.7 Å². The third-order valence-electron chi connectivity index (χ3n) is 2.91. The number of likely N-dealkylation sites (N-methyl/N-ethyl adjacent to an activating group) is 1. The standard InChI is InChI=1S/C14H20BrN3O3/c1-4-17(9-13(19)16-10(2)3)8-11-6-5-7-12(14(11)15)18(20)21/h5-7,10H,4,8-9H2,1-3H3,(H,16,19). The second kappa shape index (κ2) is 8.09. The van der Waals surface area contributed by atoms with E-state index in [1.54, 1.807) is 6.07 Å². The zero-order chi connectivity index (χ0) is 16.0. The Morgan fingerprint density at radius 1 is 1.48 bits per heavy atom. The Morgan fingerprint density at radius 3 is 2.67 bits per heavy atom. The van der Waals surface area contributed by atoms with E-state index < -0.39 is 4.92 Å². The molecule has 0 aromatic heterocycles. The van der Waals surface area contributed by atoms with Gasteiger partial charge in [-0.3, -0.25) is 19.8 Å². The van der Waals surface area contributed by atoms with Crippen LogP contribution in [0.3, 0.4) is 0 Å². The number of benzene rings is 1. The molecule has 0 unspecified atom stereocenters. The number of halogens is 1. The fourth-order valence-corrected chi connectivity index (χ4v) is 2.45. The van der Waals surface area contributed by atoms with Crippen LogP contribution in [-0.2, 0) is 11.3 Å². The van der Waals surface area contributed by atoms with Gasteiger partial charge in [-0.2, -0.15) is 0 Å². The molecular weight excluding hydrogens is 338 g/mol. The second-order valence-electron chi connectivity index (χ2n) is 5.03. The smallest absolute Gasteiger partial charge is 0.283 e. The Hall–Kier alpha value is -1.47. The van der Waals surface area contributed by atoms with Gasteiger partial charge in [0.15, 0.2) is 0 Å². The van der Waals surface area contributed by atoms with E-state index in [0.29, 0.717) is 17.6 Å². The van der Waals surface area contributed by atoms with Crippen molar-refractivity contribution in [2.24, 2.45) is 0 Å². The molecule has 0 spiro atoms. The van der Waals surface area contributed by atoms with Crippen LogP contribution < -0.4 is 5.32 Å². The number of nitro benzene ring substituents is 1. The molecule has 0 fully saturated rings. The number of nitrogens with one attached hydrogen (secondary N) is 1. The normalized spacial score (nSPS) is 11.0. The van der Waals surface area contributed by atoms with Crippen LogP contribution in [0.1, 0.15) is 26.3 Å². The molecule has 1 amide bonds.